The molecule has 1 fully saturated rings. The molecule has 3 atom stereocenters. The number of para-hydroxylation sites is 2. The minimum Gasteiger partial charge on any atom is -0.497 e. The summed E-state index contributed by atoms with van der Waals surface area (Å²) in [6, 6.07) is 23.5. The Morgan fingerprint density at radius 1 is 0.974 bits per heavy atom. The van der Waals surface area contributed by atoms with Crippen LogP contribution < -0.4 is 10.1 Å². The molecule has 1 amide bonds. The van der Waals surface area contributed by atoms with Gasteiger partial charge in [-0.25, -0.2) is 4.98 Å². The molecule has 0 aliphatic carbocycles. The quantitative estimate of drug-likeness (QED) is 0.213. The maximum absolute atomic E-state index is 13.8. The van der Waals surface area contributed by atoms with E-state index in [1.165, 1.54) is 0 Å². The molecule has 39 heavy (non-hydrogen) atoms. The van der Waals surface area contributed by atoms with E-state index >= 15 is 0 Å². The number of hydrogen-bond donors (Lipinski definition) is 2. The predicted octanol–water partition coefficient (Wildman–Crippen LogP) is 4.09. The van der Waals surface area contributed by atoms with Gasteiger partial charge in [0.15, 0.2) is 17.4 Å². The number of epoxide rings is 1. The lowest BCUT2D eigenvalue weighted by Crippen LogP contribution is -2.49. The number of H-pyrrole nitrogens is 1. The summed E-state index contributed by atoms with van der Waals surface area (Å²) >= 11 is 0. The number of Topliss-reactive ketones (excluding diaryl/α,β-unsaturated/α-hetero) is 2. The van der Waals surface area contributed by atoms with Gasteiger partial charge in [-0.2, -0.15) is 0 Å². The summed E-state index contributed by atoms with van der Waals surface area (Å²) in [5.41, 5.74) is 2.33. The lowest BCUT2D eigenvalue weighted by molar-refractivity contribution is -0.132. The average Bonchev–Trinajstić information content (AvgIpc) is 3.56. The third kappa shape index (κ3) is 6.23. The second-order valence-corrected chi connectivity index (χ2v) is 10.1. The SMILES string of the molecule is COc1ccc(C[C@H](CC(=O)c2nc3ccccc3[nH]2)C(=O)N[C@@H](Cc2ccccc2)C(=O)[C@@]2(C)CO2)cc1. The average molecular weight is 526 g/mol. The summed E-state index contributed by atoms with van der Waals surface area (Å²) in [6.45, 7) is 2.06. The second-order valence-electron chi connectivity index (χ2n) is 10.1. The summed E-state index contributed by atoms with van der Waals surface area (Å²) in [6.07, 6.45) is 0.566. The van der Waals surface area contributed by atoms with E-state index < -0.39 is 17.6 Å². The molecule has 0 saturated carbocycles. The monoisotopic (exact) mass is 525 g/mol. The van der Waals surface area contributed by atoms with Crippen molar-refractivity contribution in [3.05, 3.63) is 95.8 Å². The molecule has 1 saturated heterocycles. The van der Waals surface area contributed by atoms with Crippen LogP contribution in [0.25, 0.3) is 11.0 Å². The first-order valence-electron chi connectivity index (χ1n) is 13.0. The first-order valence-corrected chi connectivity index (χ1v) is 13.0. The molecule has 1 aliphatic rings. The number of methoxy groups -OCH3 is 1. The van der Waals surface area contributed by atoms with Crippen LogP contribution in [0.4, 0.5) is 0 Å². The Bertz CT molecular complexity index is 1440. The molecule has 8 nitrogen and oxygen atoms in total. The fourth-order valence-corrected chi connectivity index (χ4v) is 4.68. The molecular weight excluding hydrogens is 494 g/mol. The molecular formula is C31H31N3O5. The van der Waals surface area contributed by atoms with E-state index in [2.05, 4.69) is 15.3 Å². The Hall–Kier alpha value is -4.30. The number of fused-ring (bicyclic) bond motifs is 1. The molecule has 3 aromatic carbocycles. The molecule has 2 N–H and O–H groups in total. The number of rotatable bonds is 12. The van der Waals surface area contributed by atoms with Gasteiger partial charge in [-0.1, -0.05) is 54.6 Å². The molecule has 0 unspecified atom stereocenters. The Kier molecular flexibility index (Phi) is 7.56. The van der Waals surface area contributed by atoms with Crippen LogP contribution in [0.3, 0.4) is 0 Å². The van der Waals surface area contributed by atoms with Gasteiger partial charge in [0.25, 0.3) is 0 Å². The molecule has 0 spiro atoms. The fraction of sp³-hybridized carbons (Fsp3) is 0.290. The number of benzene rings is 3. The van der Waals surface area contributed by atoms with Gasteiger partial charge in [0.1, 0.15) is 11.4 Å². The maximum Gasteiger partial charge on any atom is 0.224 e. The van der Waals surface area contributed by atoms with Crippen molar-refractivity contribution >= 4 is 28.5 Å². The van der Waals surface area contributed by atoms with Crippen molar-refractivity contribution in [3.8, 4) is 5.75 Å². The van der Waals surface area contributed by atoms with Gasteiger partial charge in [0.05, 0.1) is 30.8 Å². The van der Waals surface area contributed by atoms with Crippen LogP contribution in [-0.4, -0.2) is 52.8 Å². The third-order valence-electron chi connectivity index (χ3n) is 7.11. The number of aromatic nitrogens is 2. The van der Waals surface area contributed by atoms with E-state index in [9.17, 15) is 14.4 Å². The molecule has 2 heterocycles. The topological polar surface area (TPSA) is 114 Å². The lowest BCUT2D eigenvalue weighted by atomic mass is 9.90. The number of ether oxygens (including phenoxy) is 2. The summed E-state index contributed by atoms with van der Waals surface area (Å²) in [4.78, 5) is 47.9. The zero-order chi connectivity index (χ0) is 27.4. The number of imidazole rings is 1. The van der Waals surface area contributed by atoms with E-state index in [0.29, 0.717) is 30.7 Å². The lowest BCUT2D eigenvalue weighted by Gasteiger charge is -2.23. The van der Waals surface area contributed by atoms with Gasteiger partial charge in [-0.05, 0) is 55.2 Å². The van der Waals surface area contributed by atoms with Crippen LogP contribution in [0.5, 0.6) is 5.75 Å². The predicted molar refractivity (Wildman–Crippen MR) is 147 cm³/mol. The highest BCUT2D eigenvalue weighted by molar-refractivity contribution is 6.00. The van der Waals surface area contributed by atoms with Crippen molar-refractivity contribution in [2.24, 2.45) is 5.92 Å². The van der Waals surface area contributed by atoms with Crippen LogP contribution in [0.2, 0.25) is 0 Å². The van der Waals surface area contributed by atoms with E-state index in [0.717, 1.165) is 16.6 Å². The molecule has 8 heteroatoms. The number of ketones is 2. The van der Waals surface area contributed by atoms with E-state index in [1.54, 1.807) is 14.0 Å². The van der Waals surface area contributed by atoms with Crippen molar-refractivity contribution in [1.82, 2.24) is 15.3 Å². The van der Waals surface area contributed by atoms with Crippen LogP contribution in [0.1, 0.15) is 35.1 Å². The van der Waals surface area contributed by atoms with Crippen molar-refractivity contribution < 1.29 is 23.9 Å². The van der Waals surface area contributed by atoms with Gasteiger partial charge in [-0.15, -0.1) is 0 Å². The number of amides is 1. The van der Waals surface area contributed by atoms with Crippen LogP contribution in [-0.2, 0) is 27.2 Å². The zero-order valence-corrected chi connectivity index (χ0v) is 22.0. The molecule has 5 rings (SSSR count). The zero-order valence-electron chi connectivity index (χ0n) is 22.0. The number of aromatic amines is 1. The minimum atomic E-state index is -0.900. The number of carbonyl (C=O) groups is 3. The van der Waals surface area contributed by atoms with E-state index in [1.807, 2.05) is 78.9 Å². The number of hydrogen-bond acceptors (Lipinski definition) is 6. The highest BCUT2D eigenvalue weighted by atomic mass is 16.6. The molecule has 0 bridgehead atoms. The van der Waals surface area contributed by atoms with Gasteiger partial charge in [-0.3, -0.25) is 14.4 Å². The van der Waals surface area contributed by atoms with Crippen molar-refractivity contribution in [1.29, 1.82) is 0 Å². The van der Waals surface area contributed by atoms with E-state index in [-0.39, 0.29) is 29.7 Å². The fourth-order valence-electron chi connectivity index (χ4n) is 4.68. The van der Waals surface area contributed by atoms with Gasteiger partial charge in [0, 0.05) is 12.3 Å². The summed E-state index contributed by atoms with van der Waals surface area (Å²) in [5.74, 6) is -0.634. The number of nitrogens with zero attached hydrogens (tertiary/aromatic N) is 1. The summed E-state index contributed by atoms with van der Waals surface area (Å²) < 4.78 is 10.7. The largest absolute Gasteiger partial charge is 0.497 e. The van der Waals surface area contributed by atoms with Crippen molar-refractivity contribution in [2.75, 3.05) is 13.7 Å². The number of carbonyl (C=O) groups excluding carboxylic acids is 3. The molecule has 0 radical (unpaired) electrons. The Morgan fingerprint density at radius 3 is 2.31 bits per heavy atom. The molecule has 1 aliphatic heterocycles. The van der Waals surface area contributed by atoms with Crippen molar-refractivity contribution in [2.45, 2.75) is 37.8 Å². The summed E-state index contributed by atoms with van der Waals surface area (Å²) in [7, 11) is 1.59. The first kappa shape index (κ1) is 26.3. The second kappa shape index (κ2) is 11.2. The molecule has 200 valence electrons. The Balaban J connectivity index is 1.39. The van der Waals surface area contributed by atoms with Gasteiger partial charge in [0.2, 0.25) is 5.91 Å². The molecule has 1 aromatic heterocycles. The first-order chi connectivity index (χ1) is 18.8. The maximum atomic E-state index is 13.8. The smallest absolute Gasteiger partial charge is 0.224 e. The Morgan fingerprint density at radius 2 is 1.64 bits per heavy atom. The normalized spacial score (nSPS) is 17.8. The summed E-state index contributed by atoms with van der Waals surface area (Å²) in [5, 5.41) is 2.96. The standard InChI is InChI=1S/C31H31N3O5/c1-31(19-39-31)28(36)26(17-20-8-4-3-5-9-20)34-30(37)22(16-21-12-14-23(38-2)15-13-21)18-27(35)29-32-24-10-6-7-11-25(24)33-29/h3-15,22,26H,16-19H2,1-2H3,(H,32,33)(H,34,37)/t22-,26+,31-/m1/s1. The van der Waals surface area contributed by atoms with Gasteiger partial charge >= 0.3 is 0 Å². The highest BCUT2D eigenvalue weighted by Gasteiger charge is 2.50. The van der Waals surface area contributed by atoms with E-state index in [4.69, 9.17) is 9.47 Å². The van der Waals surface area contributed by atoms with Crippen LogP contribution >= 0.6 is 0 Å². The highest BCUT2D eigenvalue weighted by Crippen LogP contribution is 2.29. The molecule has 4 aromatic rings. The minimum absolute atomic E-state index is 0.0717. The Labute approximate surface area is 226 Å². The van der Waals surface area contributed by atoms with Crippen molar-refractivity contribution in [3.63, 3.8) is 0 Å². The van der Waals surface area contributed by atoms with Gasteiger partial charge < -0.3 is 19.8 Å². The van der Waals surface area contributed by atoms with Crippen LogP contribution in [0, 0.1) is 5.92 Å². The third-order valence-corrected chi connectivity index (χ3v) is 7.11. The van der Waals surface area contributed by atoms with Crippen LogP contribution in [0.15, 0.2) is 78.9 Å². The number of nitrogens with one attached hydrogen (secondary N) is 2.